The third-order valence-electron chi connectivity index (χ3n) is 3.45. The largest absolute Gasteiger partial charge is 0.380 e. The lowest BCUT2D eigenvalue weighted by Gasteiger charge is -2.38. The summed E-state index contributed by atoms with van der Waals surface area (Å²) in [4.78, 5) is 4.33. The van der Waals surface area contributed by atoms with Crippen molar-refractivity contribution < 1.29 is 4.74 Å². The normalized spacial score (nSPS) is 17.6. The van der Waals surface area contributed by atoms with Gasteiger partial charge < -0.3 is 10.1 Å². The molecule has 2 heterocycles. The number of fused-ring (bicyclic) bond motifs is 1. The lowest BCUT2D eigenvalue weighted by molar-refractivity contribution is -0.0991. The van der Waals surface area contributed by atoms with E-state index < -0.39 is 0 Å². The van der Waals surface area contributed by atoms with Gasteiger partial charge in [-0.1, -0.05) is 19.1 Å². The van der Waals surface area contributed by atoms with E-state index >= 15 is 0 Å². The number of aromatic nitrogens is 1. The number of ether oxygens (including phenoxy) is 1. The van der Waals surface area contributed by atoms with Crippen molar-refractivity contribution in [1.82, 2.24) is 10.3 Å². The number of rotatable bonds is 4. The van der Waals surface area contributed by atoms with Gasteiger partial charge in [0.05, 0.1) is 18.7 Å². The summed E-state index contributed by atoms with van der Waals surface area (Å²) >= 11 is 0. The van der Waals surface area contributed by atoms with E-state index in [0.717, 1.165) is 31.8 Å². The van der Waals surface area contributed by atoms with Gasteiger partial charge in [0.15, 0.2) is 0 Å². The Morgan fingerprint density at radius 1 is 1.33 bits per heavy atom. The molecule has 3 heteroatoms. The summed E-state index contributed by atoms with van der Waals surface area (Å²) in [5.74, 6) is 0. The molecule has 0 unspecified atom stereocenters. The van der Waals surface area contributed by atoms with Crippen molar-refractivity contribution in [2.24, 2.45) is 5.41 Å². The first-order chi connectivity index (χ1) is 8.75. The zero-order valence-corrected chi connectivity index (χ0v) is 10.6. The molecule has 0 spiro atoms. The summed E-state index contributed by atoms with van der Waals surface area (Å²) < 4.78 is 5.25. The topological polar surface area (TPSA) is 34.2 Å². The highest BCUT2D eigenvalue weighted by atomic mass is 16.5. The SMILES string of the molecule is CC1(CNCc2ccc3ncccc3c2)COC1. The second kappa shape index (κ2) is 4.67. The van der Waals surface area contributed by atoms with Crippen molar-refractivity contribution in [2.45, 2.75) is 13.5 Å². The van der Waals surface area contributed by atoms with Crippen LogP contribution in [0.3, 0.4) is 0 Å². The zero-order chi connectivity index (χ0) is 12.4. The quantitative estimate of drug-likeness (QED) is 0.893. The molecule has 1 fully saturated rings. The summed E-state index contributed by atoms with van der Waals surface area (Å²) in [6.07, 6.45) is 1.83. The molecule has 3 rings (SSSR count). The molecule has 18 heavy (non-hydrogen) atoms. The van der Waals surface area contributed by atoms with Crippen LogP contribution in [0.1, 0.15) is 12.5 Å². The number of hydrogen-bond acceptors (Lipinski definition) is 3. The molecule has 2 aromatic rings. The zero-order valence-electron chi connectivity index (χ0n) is 10.6. The van der Waals surface area contributed by atoms with Gasteiger partial charge >= 0.3 is 0 Å². The van der Waals surface area contributed by atoms with E-state index in [0.29, 0.717) is 5.41 Å². The Hall–Kier alpha value is -1.45. The van der Waals surface area contributed by atoms with Crippen molar-refractivity contribution in [3.63, 3.8) is 0 Å². The first-order valence-corrected chi connectivity index (χ1v) is 6.37. The molecule has 1 aromatic carbocycles. The van der Waals surface area contributed by atoms with Crippen molar-refractivity contribution >= 4 is 10.9 Å². The molecule has 3 nitrogen and oxygen atoms in total. The highest BCUT2D eigenvalue weighted by Gasteiger charge is 2.32. The van der Waals surface area contributed by atoms with Crippen LogP contribution in [-0.4, -0.2) is 24.7 Å². The van der Waals surface area contributed by atoms with Crippen molar-refractivity contribution in [2.75, 3.05) is 19.8 Å². The molecule has 1 N–H and O–H groups in total. The van der Waals surface area contributed by atoms with Crippen LogP contribution in [0.2, 0.25) is 0 Å². The van der Waals surface area contributed by atoms with Gasteiger partial charge in [0.2, 0.25) is 0 Å². The van der Waals surface area contributed by atoms with E-state index in [-0.39, 0.29) is 0 Å². The van der Waals surface area contributed by atoms with Crippen molar-refractivity contribution in [1.29, 1.82) is 0 Å². The van der Waals surface area contributed by atoms with Crippen LogP contribution in [0.25, 0.3) is 10.9 Å². The molecule has 0 aliphatic carbocycles. The van der Waals surface area contributed by atoms with Crippen LogP contribution >= 0.6 is 0 Å². The Morgan fingerprint density at radius 2 is 2.22 bits per heavy atom. The maximum atomic E-state index is 5.25. The monoisotopic (exact) mass is 242 g/mol. The number of nitrogens with one attached hydrogen (secondary N) is 1. The molecule has 1 aromatic heterocycles. The standard InChI is InChI=1S/C15H18N2O/c1-15(10-18-11-15)9-16-8-12-4-5-14-13(7-12)3-2-6-17-14/h2-7,16H,8-11H2,1H3. The molecule has 1 aliphatic heterocycles. The van der Waals surface area contributed by atoms with E-state index in [1.807, 2.05) is 12.3 Å². The van der Waals surface area contributed by atoms with Crippen LogP contribution in [0.4, 0.5) is 0 Å². The third-order valence-corrected chi connectivity index (χ3v) is 3.45. The molecule has 0 atom stereocenters. The number of nitrogens with zero attached hydrogens (tertiary/aromatic N) is 1. The fraction of sp³-hybridized carbons (Fsp3) is 0.400. The lowest BCUT2D eigenvalue weighted by atomic mass is 9.89. The van der Waals surface area contributed by atoms with Crippen LogP contribution in [-0.2, 0) is 11.3 Å². The predicted octanol–water partition coefficient (Wildman–Crippen LogP) is 2.36. The van der Waals surface area contributed by atoms with Crippen LogP contribution in [0, 0.1) is 5.41 Å². The van der Waals surface area contributed by atoms with Crippen LogP contribution in [0.5, 0.6) is 0 Å². The summed E-state index contributed by atoms with van der Waals surface area (Å²) in [5.41, 5.74) is 2.69. The van der Waals surface area contributed by atoms with E-state index in [1.54, 1.807) is 0 Å². The second-order valence-electron chi connectivity index (χ2n) is 5.44. The molecular formula is C15H18N2O. The fourth-order valence-corrected chi connectivity index (χ4v) is 2.30. The Bertz CT molecular complexity index is 549. The summed E-state index contributed by atoms with van der Waals surface area (Å²) in [7, 11) is 0. The van der Waals surface area contributed by atoms with E-state index in [1.165, 1.54) is 10.9 Å². The molecule has 0 saturated carbocycles. The van der Waals surface area contributed by atoms with Gasteiger partial charge in [0.25, 0.3) is 0 Å². The van der Waals surface area contributed by atoms with E-state index in [4.69, 9.17) is 4.74 Å². The number of pyridine rings is 1. The van der Waals surface area contributed by atoms with Crippen LogP contribution in [0.15, 0.2) is 36.5 Å². The minimum atomic E-state index is 0.332. The fourth-order valence-electron chi connectivity index (χ4n) is 2.30. The summed E-state index contributed by atoms with van der Waals surface area (Å²) in [6.45, 7) is 5.93. The Morgan fingerprint density at radius 3 is 3.00 bits per heavy atom. The number of benzene rings is 1. The smallest absolute Gasteiger partial charge is 0.0702 e. The maximum absolute atomic E-state index is 5.25. The Balaban J connectivity index is 1.64. The molecule has 1 saturated heterocycles. The predicted molar refractivity (Wildman–Crippen MR) is 72.4 cm³/mol. The van der Waals surface area contributed by atoms with Gasteiger partial charge in [-0.05, 0) is 23.8 Å². The van der Waals surface area contributed by atoms with Gasteiger partial charge in [-0.15, -0.1) is 0 Å². The number of hydrogen-bond donors (Lipinski definition) is 1. The van der Waals surface area contributed by atoms with Gasteiger partial charge in [-0.25, -0.2) is 0 Å². The minimum Gasteiger partial charge on any atom is -0.380 e. The highest BCUT2D eigenvalue weighted by Crippen LogP contribution is 2.25. The minimum absolute atomic E-state index is 0.332. The summed E-state index contributed by atoms with van der Waals surface area (Å²) in [5, 5.41) is 4.71. The third kappa shape index (κ3) is 2.37. The van der Waals surface area contributed by atoms with Gasteiger partial charge in [0, 0.05) is 30.1 Å². The highest BCUT2D eigenvalue weighted by molar-refractivity contribution is 5.78. The molecule has 0 bridgehead atoms. The second-order valence-corrected chi connectivity index (χ2v) is 5.44. The average Bonchev–Trinajstić information content (AvgIpc) is 2.37. The van der Waals surface area contributed by atoms with Crippen molar-refractivity contribution in [3.05, 3.63) is 42.1 Å². The first kappa shape index (κ1) is 11.6. The Kier molecular flexibility index (Phi) is 3.02. The van der Waals surface area contributed by atoms with Gasteiger partial charge in [-0.2, -0.15) is 0 Å². The molecule has 94 valence electrons. The van der Waals surface area contributed by atoms with Crippen LogP contribution < -0.4 is 5.32 Å². The summed E-state index contributed by atoms with van der Waals surface area (Å²) in [6, 6.07) is 10.5. The van der Waals surface area contributed by atoms with E-state index in [2.05, 4.69) is 41.5 Å². The average molecular weight is 242 g/mol. The van der Waals surface area contributed by atoms with E-state index in [9.17, 15) is 0 Å². The van der Waals surface area contributed by atoms with Crippen molar-refractivity contribution in [3.8, 4) is 0 Å². The molecule has 1 aliphatic rings. The van der Waals surface area contributed by atoms with Gasteiger partial charge in [-0.3, -0.25) is 4.98 Å². The molecule has 0 amide bonds. The van der Waals surface area contributed by atoms with Gasteiger partial charge in [0.1, 0.15) is 0 Å². The Labute approximate surface area is 107 Å². The first-order valence-electron chi connectivity index (χ1n) is 6.37. The molecular weight excluding hydrogens is 224 g/mol. The molecule has 0 radical (unpaired) electrons. The maximum Gasteiger partial charge on any atom is 0.0702 e. The lowest BCUT2D eigenvalue weighted by Crippen LogP contribution is -2.47.